The minimum atomic E-state index is -4.14. The third kappa shape index (κ3) is 8.78. The van der Waals surface area contributed by atoms with E-state index in [1.54, 1.807) is 0 Å². The van der Waals surface area contributed by atoms with E-state index >= 15 is 0 Å². The highest BCUT2D eigenvalue weighted by molar-refractivity contribution is 8.00. The van der Waals surface area contributed by atoms with Crippen molar-refractivity contribution in [1.82, 2.24) is 0 Å². The van der Waals surface area contributed by atoms with E-state index < -0.39 is 5.51 Å². The molecule has 90 valence electrons. The van der Waals surface area contributed by atoms with Crippen molar-refractivity contribution in [1.29, 1.82) is 0 Å². The summed E-state index contributed by atoms with van der Waals surface area (Å²) in [5.74, 6) is 0.153. The van der Waals surface area contributed by atoms with Crippen LogP contribution >= 0.6 is 11.8 Å². The molecule has 0 amide bonds. The van der Waals surface area contributed by atoms with Crippen molar-refractivity contribution in [3.8, 4) is 0 Å². The highest BCUT2D eigenvalue weighted by Crippen LogP contribution is 2.31. The molecular formula is C10H17F3OS. The maximum absolute atomic E-state index is 11.7. The number of carbonyl (C=O) groups excluding carboxylic acids is 1. The summed E-state index contributed by atoms with van der Waals surface area (Å²) >= 11 is -0.0186. The van der Waals surface area contributed by atoms with Gasteiger partial charge >= 0.3 is 5.51 Å². The molecule has 0 rings (SSSR count). The van der Waals surface area contributed by atoms with Crippen LogP contribution < -0.4 is 0 Å². The van der Waals surface area contributed by atoms with Gasteiger partial charge in [-0.25, -0.2) is 0 Å². The number of halogens is 3. The topological polar surface area (TPSA) is 17.1 Å². The number of hydrogen-bond acceptors (Lipinski definition) is 2. The first-order valence-corrected chi connectivity index (χ1v) is 5.85. The highest BCUT2D eigenvalue weighted by Gasteiger charge is 2.27. The highest BCUT2D eigenvalue weighted by atomic mass is 32.2. The Balaban J connectivity index is 3.53. The zero-order valence-electron chi connectivity index (χ0n) is 9.28. The molecule has 0 N–H and O–H groups in total. The number of rotatable bonds is 5. The van der Waals surface area contributed by atoms with Crippen molar-refractivity contribution < 1.29 is 18.0 Å². The Bertz CT molecular complexity index is 206. The van der Waals surface area contributed by atoms with E-state index in [-0.39, 0.29) is 28.7 Å². The molecule has 0 radical (unpaired) electrons. The number of Topliss-reactive ketones (excluding diaryl/α,β-unsaturated/α-hetero) is 1. The van der Waals surface area contributed by atoms with Crippen LogP contribution in [-0.2, 0) is 4.79 Å². The van der Waals surface area contributed by atoms with E-state index in [0.29, 0.717) is 19.3 Å². The van der Waals surface area contributed by atoms with Crippen LogP contribution in [0.15, 0.2) is 0 Å². The quantitative estimate of drug-likeness (QED) is 0.677. The average Bonchev–Trinajstić information content (AvgIpc) is 1.99. The second-order valence-corrected chi connectivity index (χ2v) is 5.58. The number of carbonyl (C=O) groups is 1. The molecule has 0 aliphatic rings. The summed E-state index contributed by atoms with van der Waals surface area (Å²) in [6.45, 7) is 5.46. The van der Waals surface area contributed by atoms with Gasteiger partial charge in [0.15, 0.2) is 0 Å². The SMILES string of the molecule is CC(C)(C)C(=O)CCCCSC(F)(F)F. The van der Waals surface area contributed by atoms with Crippen LogP contribution in [0.1, 0.15) is 40.0 Å². The second kappa shape index (κ2) is 5.77. The Morgan fingerprint density at radius 2 is 1.67 bits per heavy atom. The van der Waals surface area contributed by atoms with Gasteiger partial charge < -0.3 is 0 Å². The summed E-state index contributed by atoms with van der Waals surface area (Å²) in [6, 6.07) is 0. The van der Waals surface area contributed by atoms with Gasteiger partial charge in [-0.15, -0.1) is 0 Å². The first kappa shape index (κ1) is 14.8. The Kier molecular flexibility index (Phi) is 5.70. The fourth-order valence-corrected chi connectivity index (χ4v) is 1.53. The van der Waals surface area contributed by atoms with Crippen molar-refractivity contribution in [2.45, 2.75) is 45.5 Å². The fraction of sp³-hybridized carbons (Fsp3) is 0.900. The van der Waals surface area contributed by atoms with E-state index in [9.17, 15) is 18.0 Å². The van der Waals surface area contributed by atoms with Crippen LogP contribution in [0.3, 0.4) is 0 Å². The summed E-state index contributed by atoms with van der Waals surface area (Å²) in [7, 11) is 0. The first-order chi connectivity index (χ1) is 6.63. The van der Waals surface area contributed by atoms with Gasteiger partial charge in [-0.05, 0) is 12.8 Å². The predicted octanol–water partition coefficient (Wildman–Crippen LogP) is 4.02. The summed E-state index contributed by atoms with van der Waals surface area (Å²) in [5, 5.41) is 0. The van der Waals surface area contributed by atoms with Crippen LogP contribution in [0.4, 0.5) is 13.2 Å². The van der Waals surface area contributed by atoms with Gasteiger partial charge in [0.1, 0.15) is 5.78 Å². The summed E-state index contributed by atoms with van der Waals surface area (Å²) in [6.07, 6.45) is 1.35. The molecule has 0 aromatic heterocycles. The molecule has 0 spiro atoms. The molecule has 1 nitrogen and oxygen atoms in total. The molecule has 0 aromatic rings. The molecule has 15 heavy (non-hydrogen) atoms. The van der Waals surface area contributed by atoms with Gasteiger partial charge in [-0.1, -0.05) is 32.5 Å². The summed E-state index contributed by atoms with van der Waals surface area (Å²) in [5.41, 5.74) is -4.52. The van der Waals surface area contributed by atoms with Crippen molar-refractivity contribution >= 4 is 17.5 Å². The molecule has 0 aromatic carbocycles. The zero-order valence-corrected chi connectivity index (χ0v) is 10.1. The van der Waals surface area contributed by atoms with Gasteiger partial charge in [0.05, 0.1) is 0 Å². The maximum atomic E-state index is 11.7. The molecule has 0 heterocycles. The summed E-state index contributed by atoms with van der Waals surface area (Å²) < 4.78 is 35.2. The van der Waals surface area contributed by atoms with Crippen molar-refractivity contribution in [2.75, 3.05) is 5.75 Å². The van der Waals surface area contributed by atoms with Gasteiger partial charge in [0.25, 0.3) is 0 Å². The molecule has 0 saturated carbocycles. The minimum absolute atomic E-state index is 0.0186. The molecule has 0 aliphatic carbocycles. The third-order valence-electron chi connectivity index (χ3n) is 1.90. The van der Waals surface area contributed by atoms with E-state index in [4.69, 9.17) is 0 Å². The van der Waals surface area contributed by atoms with Crippen LogP contribution in [0, 0.1) is 5.41 Å². The normalized spacial score (nSPS) is 12.9. The molecule has 0 fully saturated rings. The van der Waals surface area contributed by atoms with Crippen LogP contribution in [0.25, 0.3) is 0 Å². The lowest BCUT2D eigenvalue weighted by Crippen LogP contribution is -2.19. The Morgan fingerprint density at radius 1 is 1.13 bits per heavy atom. The first-order valence-electron chi connectivity index (χ1n) is 4.87. The largest absolute Gasteiger partial charge is 0.441 e. The van der Waals surface area contributed by atoms with Gasteiger partial charge in [-0.3, -0.25) is 4.79 Å². The predicted molar refractivity (Wildman–Crippen MR) is 56.8 cm³/mol. The van der Waals surface area contributed by atoms with Crippen molar-refractivity contribution in [3.63, 3.8) is 0 Å². The van der Waals surface area contributed by atoms with E-state index in [2.05, 4.69) is 0 Å². The van der Waals surface area contributed by atoms with E-state index in [0.717, 1.165) is 0 Å². The summed E-state index contributed by atoms with van der Waals surface area (Å²) in [4.78, 5) is 11.4. The van der Waals surface area contributed by atoms with E-state index in [1.165, 1.54) is 0 Å². The number of ketones is 1. The third-order valence-corrected chi connectivity index (χ3v) is 2.72. The fourth-order valence-electron chi connectivity index (χ4n) is 0.951. The lowest BCUT2D eigenvalue weighted by atomic mass is 9.88. The number of thioether (sulfide) groups is 1. The van der Waals surface area contributed by atoms with E-state index in [1.807, 2.05) is 20.8 Å². The van der Waals surface area contributed by atoms with Gasteiger partial charge in [-0.2, -0.15) is 13.2 Å². The molecular weight excluding hydrogens is 225 g/mol. The van der Waals surface area contributed by atoms with Crippen molar-refractivity contribution in [2.24, 2.45) is 5.41 Å². The molecule has 0 atom stereocenters. The van der Waals surface area contributed by atoms with Crippen LogP contribution in [0.2, 0.25) is 0 Å². The number of hydrogen-bond donors (Lipinski definition) is 0. The lowest BCUT2D eigenvalue weighted by molar-refractivity contribution is -0.126. The standard InChI is InChI=1S/C10H17F3OS/c1-9(2,3)8(14)6-4-5-7-15-10(11,12)13/h4-7H2,1-3H3. The number of alkyl halides is 3. The Hall–Kier alpha value is -0.190. The minimum Gasteiger partial charge on any atom is -0.299 e. The molecule has 0 saturated heterocycles. The van der Waals surface area contributed by atoms with Crippen LogP contribution in [-0.4, -0.2) is 17.0 Å². The Morgan fingerprint density at radius 3 is 2.07 bits per heavy atom. The van der Waals surface area contributed by atoms with Crippen molar-refractivity contribution in [3.05, 3.63) is 0 Å². The average molecular weight is 242 g/mol. The van der Waals surface area contributed by atoms with Gasteiger partial charge in [0.2, 0.25) is 0 Å². The monoisotopic (exact) mass is 242 g/mol. The lowest BCUT2D eigenvalue weighted by Gasteiger charge is -2.16. The zero-order chi connectivity index (χ0) is 12.1. The molecule has 0 unspecified atom stereocenters. The smallest absolute Gasteiger partial charge is 0.299 e. The molecule has 0 bridgehead atoms. The number of unbranched alkanes of at least 4 members (excludes halogenated alkanes) is 1. The maximum Gasteiger partial charge on any atom is 0.441 e. The van der Waals surface area contributed by atoms with Gasteiger partial charge in [0, 0.05) is 17.6 Å². The molecule has 5 heteroatoms. The second-order valence-electron chi connectivity index (χ2n) is 4.42. The van der Waals surface area contributed by atoms with Crippen LogP contribution in [0.5, 0.6) is 0 Å². The molecule has 0 aliphatic heterocycles. The Labute approximate surface area is 92.8 Å².